The average Bonchev–Trinajstić information content (AvgIpc) is 2.74. The third-order valence-electron chi connectivity index (χ3n) is 4.69. The molecule has 0 saturated carbocycles. The van der Waals surface area contributed by atoms with Crippen molar-refractivity contribution in [3.8, 4) is 0 Å². The zero-order chi connectivity index (χ0) is 19.9. The Morgan fingerprint density at radius 2 is 1.96 bits per heavy atom. The van der Waals surface area contributed by atoms with Crippen molar-refractivity contribution in [3.05, 3.63) is 69.8 Å². The number of ether oxygens (including phenoxy) is 2. The highest BCUT2D eigenvalue weighted by atomic mass is 16.6. The number of nitro groups is 1. The SMILES string of the molecule is COC(=O)c1cc(NC(CN2CCOCC2)c2ccccc2)ccc1[N+](=O)[O-]. The van der Waals surface area contributed by atoms with Crippen LogP contribution in [0.5, 0.6) is 0 Å². The van der Waals surface area contributed by atoms with Gasteiger partial charge in [0.25, 0.3) is 5.69 Å². The summed E-state index contributed by atoms with van der Waals surface area (Å²) in [6.45, 7) is 3.84. The van der Waals surface area contributed by atoms with Gasteiger partial charge in [-0.15, -0.1) is 0 Å². The molecule has 148 valence electrons. The molecule has 1 atom stereocenters. The minimum absolute atomic E-state index is 0.0498. The van der Waals surface area contributed by atoms with Gasteiger partial charge in [0, 0.05) is 31.4 Å². The van der Waals surface area contributed by atoms with Gasteiger partial charge in [-0.25, -0.2) is 4.79 Å². The van der Waals surface area contributed by atoms with E-state index < -0.39 is 10.9 Å². The smallest absolute Gasteiger partial charge is 0.344 e. The van der Waals surface area contributed by atoms with Crippen molar-refractivity contribution in [2.45, 2.75) is 6.04 Å². The van der Waals surface area contributed by atoms with Crippen LogP contribution in [0.2, 0.25) is 0 Å². The highest BCUT2D eigenvalue weighted by molar-refractivity contribution is 5.95. The summed E-state index contributed by atoms with van der Waals surface area (Å²) >= 11 is 0. The van der Waals surface area contributed by atoms with Crippen LogP contribution in [0, 0.1) is 10.1 Å². The molecule has 28 heavy (non-hydrogen) atoms. The monoisotopic (exact) mass is 385 g/mol. The lowest BCUT2D eigenvalue weighted by Gasteiger charge is -2.31. The van der Waals surface area contributed by atoms with E-state index in [1.165, 1.54) is 19.2 Å². The van der Waals surface area contributed by atoms with E-state index in [0.717, 1.165) is 25.2 Å². The molecule has 0 bridgehead atoms. The van der Waals surface area contributed by atoms with Gasteiger partial charge in [-0.05, 0) is 17.7 Å². The number of morpholine rings is 1. The number of carbonyl (C=O) groups is 1. The molecule has 0 aliphatic carbocycles. The second-order valence-electron chi connectivity index (χ2n) is 6.50. The van der Waals surface area contributed by atoms with Gasteiger partial charge in [-0.3, -0.25) is 15.0 Å². The van der Waals surface area contributed by atoms with Crippen LogP contribution < -0.4 is 5.32 Å². The average molecular weight is 385 g/mol. The van der Waals surface area contributed by atoms with Gasteiger partial charge in [0.2, 0.25) is 0 Å². The van der Waals surface area contributed by atoms with Crippen LogP contribution in [-0.4, -0.2) is 55.8 Å². The summed E-state index contributed by atoms with van der Waals surface area (Å²) in [7, 11) is 1.21. The van der Waals surface area contributed by atoms with Gasteiger partial charge in [0.05, 0.1) is 31.3 Å². The predicted octanol–water partition coefficient (Wildman–Crippen LogP) is 2.87. The van der Waals surface area contributed by atoms with Crippen LogP contribution in [0.4, 0.5) is 11.4 Å². The molecule has 0 radical (unpaired) electrons. The van der Waals surface area contributed by atoms with E-state index in [0.29, 0.717) is 18.9 Å². The lowest BCUT2D eigenvalue weighted by Crippen LogP contribution is -2.40. The topological polar surface area (TPSA) is 93.9 Å². The first kappa shape index (κ1) is 19.8. The highest BCUT2D eigenvalue weighted by Crippen LogP contribution is 2.27. The number of methoxy groups -OCH3 is 1. The Labute approximate surface area is 163 Å². The maximum absolute atomic E-state index is 12.0. The molecule has 1 fully saturated rings. The normalized spacial score (nSPS) is 15.6. The molecule has 2 aromatic carbocycles. The number of nitrogens with one attached hydrogen (secondary N) is 1. The van der Waals surface area contributed by atoms with Crippen LogP contribution in [-0.2, 0) is 9.47 Å². The molecule has 0 aromatic heterocycles. The van der Waals surface area contributed by atoms with Crippen LogP contribution in [0.1, 0.15) is 22.0 Å². The summed E-state index contributed by atoms with van der Waals surface area (Å²) in [5, 5.41) is 14.6. The number of rotatable bonds is 7. The molecule has 0 spiro atoms. The molecule has 3 rings (SSSR count). The summed E-state index contributed by atoms with van der Waals surface area (Å²) < 4.78 is 10.1. The zero-order valence-electron chi connectivity index (χ0n) is 15.7. The lowest BCUT2D eigenvalue weighted by atomic mass is 10.0. The van der Waals surface area contributed by atoms with Gasteiger partial charge >= 0.3 is 5.97 Å². The van der Waals surface area contributed by atoms with Gasteiger partial charge in [0.1, 0.15) is 5.56 Å². The van der Waals surface area contributed by atoms with E-state index in [1.54, 1.807) is 6.07 Å². The van der Waals surface area contributed by atoms with Crippen LogP contribution in [0.3, 0.4) is 0 Å². The van der Waals surface area contributed by atoms with E-state index >= 15 is 0 Å². The lowest BCUT2D eigenvalue weighted by molar-refractivity contribution is -0.385. The number of esters is 1. The Morgan fingerprint density at radius 3 is 2.61 bits per heavy atom. The Kier molecular flexibility index (Phi) is 6.57. The minimum atomic E-state index is -0.736. The molecule has 1 unspecified atom stereocenters. The van der Waals surface area contributed by atoms with Crippen LogP contribution in [0.15, 0.2) is 48.5 Å². The second-order valence-corrected chi connectivity index (χ2v) is 6.50. The van der Waals surface area contributed by atoms with Gasteiger partial charge < -0.3 is 14.8 Å². The van der Waals surface area contributed by atoms with Gasteiger partial charge in [-0.2, -0.15) is 0 Å². The van der Waals surface area contributed by atoms with Crippen LogP contribution >= 0.6 is 0 Å². The van der Waals surface area contributed by atoms with E-state index in [1.807, 2.05) is 30.3 Å². The predicted molar refractivity (Wildman–Crippen MR) is 105 cm³/mol. The van der Waals surface area contributed by atoms with Gasteiger partial charge in [-0.1, -0.05) is 30.3 Å². The first-order chi connectivity index (χ1) is 13.6. The molecule has 1 N–H and O–H groups in total. The second kappa shape index (κ2) is 9.29. The fraction of sp³-hybridized carbons (Fsp3) is 0.350. The molecular weight excluding hydrogens is 362 g/mol. The molecular formula is C20H23N3O5. The molecule has 8 heteroatoms. The molecule has 8 nitrogen and oxygen atoms in total. The van der Waals surface area contributed by atoms with Crippen molar-refractivity contribution < 1.29 is 19.2 Å². The van der Waals surface area contributed by atoms with Crippen molar-refractivity contribution in [2.24, 2.45) is 0 Å². The Morgan fingerprint density at radius 1 is 1.25 bits per heavy atom. The van der Waals surface area contributed by atoms with Crippen molar-refractivity contribution in [1.29, 1.82) is 0 Å². The molecule has 1 saturated heterocycles. The first-order valence-electron chi connectivity index (χ1n) is 9.07. The summed E-state index contributed by atoms with van der Waals surface area (Å²) in [4.78, 5) is 24.9. The van der Waals surface area contributed by atoms with Crippen LogP contribution in [0.25, 0.3) is 0 Å². The van der Waals surface area contributed by atoms with Crippen molar-refractivity contribution in [3.63, 3.8) is 0 Å². The number of hydrogen-bond acceptors (Lipinski definition) is 7. The minimum Gasteiger partial charge on any atom is -0.465 e. The standard InChI is InChI=1S/C20H23N3O5/c1-27-20(24)17-13-16(7-8-19(17)23(25)26)21-18(15-5-3-2-4-6-15)14-22-9-11-28-12-10-22/h2-8,13,18,21H,9-12,14H2,1H3. The maximum atomic E-state index is 12.0. The van der Waals surface area contributed by atoms with E-state index in [4.69, 9.17) is 9.47 Å². The van der Waals surface area contributed by atoms with Gasteiger partial charge in [0.15, 0.2) is 0 Å². The molecule has 2 aromatic rings. The van der Waals surface area contributed by atoms with E-state index in [9.17, 15) is 14.9 Å². The number of nitro benzene ring substituents is 1. The molecule has 1 heterocycles. The maximum Gasteiger partial charge on any atom is 0.344 e. The van der Waals surface area contributed by atoms with E-state index in [2.05, 4.69) is 10.2 Å². The summed E-state index contributed by atoms with van der Waals surface area (Å²) in [5.41, 5.74) is 1.36. The summed E-state index contributed by atoms with van der Waals surface area (Å²) in [6, 6.07) is 14.3. The fourth-order valence-corrected chi connectivity index (χ4v) is 3.22. The zero-order valence-corrected chi connectivity index (χ0v) is 15.7. The fourth-order valence-electron chi connectivity index (χ4n) is 3.22. The third kappa shape index (κ3) is 4.85. The molecule has 1 aliphatic heterocycles. The third-order valence-corrected chi connectivity index (χ3v) is 4.69. The first-order valence-corrected chi connectivity index (χ1v) is 9.07. The van der Waals surface area contributed by atoms with Crippen molar-refractivity contribution in [2.75, 3.05) is 45.3 Å². The van der Waals surface area contributed by atoms with Crippen molar-refractivity contribution in [1.82, 2.24) is 4.90 Å². The largest absolute Gasteiger partial charge is 0.465 e. The Hall–Kier alpha value is -2.97. The summed E-state index contributed by atoms with van der Waals surface area (Å²) in [5.74, 6) is -0.736. The molecule has 1 aliphatic rings. The Bertz CT molecular complexity index is 822. The number of benzene rings is 2. The number of carbonyl (C=O) groups excluding carboxylic acids is 1. The Balaban J connectivity index is 1.87. The van der Waals surface area contributed by atoms with Crippen molar-refractivity contribution >= 4 is 17.3 Å². The highest BCUT2D eigenvalue weighted by Gasteiger charge is 2.23. The van der Waals surface area contributed by atoms with E-state index in [-0.39, 0.29) is 17.3 Å². The molecule has 0 amide bonds. The summed E-state index contributed by atoms with van der Waals surface area (Å²) in [6.07, 6.45) is 0. The number of nitrogens with zero attached hydrogens (tertiary/aromatic N) is 2. The number of hydrogen-bond donors (Lipinski definition) is 1. The quantitative estimate of drug-likeness (QED) is 0.445. The number of anilines is 1.